The molecule has 3 rings (SSSR count). The summed E-state index contributed by atoms with van der Waals surface area (Å²) >= 11 is 7.80. The summed E-state index contributed by atoms with van der Waals surface area (Å²) in [5.74, 6) is 2.08. The molecule has 0 saturated heterocycles. The normalized spacial score (nSPS) is 10.8. The fourth-order valence-corrected chi connectivity index (χ4v) is 3.56. The molecule has 0 aliphatic heterocycles. The molecule has 0 N–H and O–H groups in total. The van der Waals surface area contributed by atoms with Crippen LogP contribution in [0.1, 0.15) is 29.3 Å². The van der Waals surface area contributed by atoms with Crippen LogP contribution in [0.4, 0.5) is 0 Å². The van der Waals surface area contributed by atoms with E-state index in [1.54, 1.807) is 11.8 Å². The standard InChI is InChI=1S/C21H21ClN2OS/c1-4-17-12-20(25-18-10-9-14(2)15(3)11-18)24-21(23-17)26-13-16-7-5-6-8-19(16)22/h5-12H,4,13H2,1-3H3. The minimum Gasteiger partial charge on any atom is -0.439 e. The minimum atomic E-state index is 0.571. The van der Waals surface area contributed by atoms with Crippen LogP contribution in [-0.4, -0.2) is 9.97 Å². The van der Waals surface area contributed by atoms with Crippen molar-refractivity contribution in [2.24, 2.45) is 0 Å². The van der Waals surface area contributed by atoms with Crippen molar-refractivity contribution >= 4 is 23.4 Å². The second kappa shape index (κ2) is 8.56. The molecule has 5 heteroatoms. The van der Waals surface area contributed by atoms with Gasteiger partial charge in [0.1, 0.15) is 5.75 Å². The zero-order valence-electron chi connectivity index (χ0n) is 15.1. The number of aryl methyl sites for hydroxylation is 3. The molecule has 0 radical (unpaired) electrons. The van der Waals surface area contributed by atoms with Crippen molar-refractivity contribution in [2.75, 3.05) is 0 Å². The number of aromatic nitrogens is 2. The van der Waals surface area contributed by atoms with Crippen LogP contribution in [-0.2, 0) is 12.2 Å². The number of benzene rings is 2. The first kappa shape index (κ1) is 18.7. The maximum Gasteiger partial charge on any atom is 0.223 e. The maximum absolute atomic E-state index is 6.24. The van der Waals surface area contributed by atoms with Gasteiger partial charge in [0.05, 0.1) is 0 Å². The Kier molecular flexibility index (Phi) is 6.17. The van der Waals surface area contributed by atoms with Crippen LogP contribution in [0.2, 0.25) is 5.02 Å². The van der Waals surface area contributed by atoms with Crippen LogP contribution in [0.15, 0.2) is 53.7 Å². The van der Waals surface area contributed by atoms with E-state index in [0.29, 0.717) is 11.0 Å². The molecule has 134 valence electrons. The molecule has 3 aromatic rings. The van der Waals surface area contributed by atoms with Gasteiger partial charge in [-0.25, -0.2) is 4.98 Å². The molecule has 0 saturated carbocycles. The van der Waals surface area contributed by atoms with Crippen LogP contribution < -0.4 is 4.74 Å². The second-order valence-corrected chi connectivity index (χ2v) is 7.41. The summed E-state index contributed by atoms with van der Waals surface area (Å²) in [6, 6.07) is 15.8. The topological polar surface area (TPSA) is 35.0 Å². The highest BCUT2D eigenvalue weighted by atomic mass is 35.5. The van der Waals surface area contributed by atoms with Crippen molar-refractivity contribution in [2.45, 2.75) is 38.1 Å². The number of hydrogen-bond acceptors (Lipinski definition) is 4. The molecule has 0 aliphatic rings. The number of thioether (sulfide) groups is 1. The average molecular weight is 385 g/mol. The van der Waals surface area contributed by atoms with Gasteiger partial charge in [-0.3, -0.25) is 0 Å². The van der Waals surface area contributed by atoms with Gasteiger partial charge in [-0.05, 0) is 55.2 Å². The quantitative estimate of drug-likeness (QED) is 0.364. The maximum atomic E-state index is 6.24. The van der Waals surface area contributed by atoms with Gasteiger partial charge in [-0.1, -0.05) is 54.6 Å². The van der Waals surface area contributed by atoms with E-state index >= 15 is 0 Å². The lowest BCUT2D eigenvalue weighted by Crippen LogP contribution is -1.98. The highest BCUT2D eigenvalue weighted by Crippen LogP contribution is 2.28. The van der Waals surface area contributed by atoms with Crippen molar-refractivity contribution in [1.29, 1.82) is 0 Å². The van der Waals surface area contributed by atoms with E-state index in [0.717, 1.165) is 34.2 Å². The number of rotatable bonds is 6. The van der Waals surface area contributed by atoms with Crippen LogP contribution in [0.5, 0.6) is 11.6 Å². The molecule has 0 unspecified atom stereocenters. The van der Waals surface area contributed by atoms with Crippen LogP contribution in [0.3, 0.4) is 0 Å². The molecule has 3 nitrogen and oxygen atoms in total. The van der Waals surface area contributed by atoms with E-state index in [4.69, 9.17) is 16.3 Å². The van der Waals surface area contributed by atoms with Crippen molar-refractivity contribution in [3.05, 3.63) is 75.9 Å². The monoisotopic (exact) mass is 384 g/mol. The molecular weight excluding hydrogens is 364 g/mol. The molecule has 1 heterocycles. The van der Waals surface area contributed by atoms with E-state index in [2.05, 4.69) is 36.8 Å². The molecule has 0 fully saturated rings. The molecule has 0 aliphatic carbocycles. The molecular formula is C21H21ClN2OS. The SMILES string of the molecule is CCc1cc(Oc2ccc(C)c(C)c2)nc(SCc2ccccc2Cl)n1. The zero-order valence-corrected chi connectivity index (χ0v) is 16.7. The predicted molar refractivity (Wildman–Crippen MR) is 108 cm³/mol. The Bertz CT molecular complexity index is 914. The third-order valence-electron chi connectivity index (χ3n) is 4.11. The van der Waals surface area contributed by atoms with Gasteiger partial charge in [-0.2, -0.15) is 4.98 Å². The van der Waals surface area contributed by atoms with Crippen LogP contribution in [0.25, 0.3) is 0 Å². The van der Waals surface area contributed by atoms with E-state index < -0.39 is 0 Å². The smallest absolute Gasteiger partial charge is 0.223 e. The van der Waals surface area contributed by atoms with Gasteiger partial charge < -0.3 is 4.74 Å². The van der Waals surface area contributed by atoms with E-state index in [-0.39, 0.29) is 0 Å². The summed E-state index contributed by atoms with van der Waals surface area (Å²) < 4.78 is 5.98. The molecule has 26 heavy (non-hydrogen) atoms. The molecule has 0 bridgehead atoms. The summed E-state index contributed by atoms with van der Waals surface area (Å²) in [6.45, 7) is 6.23. The van der Waals surface area contributed by atoms with Gasteiger partial charge in [0.15, 0.2) is 5.16 Å². The van der Waals surface area contributed by atoms with Crippen molar-refractivity contribution < 1.29 is 4.74 Å². The number of halogens is 1. The number of ether oxygens (including phenoxy) is 1. The molecule has 2 aromatic carbocycles. The highest BCUT2D eigenvalue weighted by Gasteiger charge is 2.09. The Balaban J connectivity index is 1.79. The fraction of sp³-hybridized carbons (Fsp3) is 0.238. The summed E-state index contributed by atoms with van der Waals surface area (Å²) in [5.41, 5.74) is 4.47. The van der Waals surface area contributed by atoms with E-state index in [9.17, 15) is 0 Å². The Labute approximate surface area is 163 Å². The van der Waals surface area contributed by atoms with Crippen LogP contribution in [0, 0.1) is 13.8 Å². The van der Waals surface area contributed by atoms with Gasteiger partial charge >= 0.3 is 0 Å². The third-order valence-corrected chi connectivity index (χ3v) is 5.38. The third kappa shape index (κ3) is 4.77. The first-order valence-electron chi connectivity index (χ1n) is 8.54. The second-order valence-electron chi connectivity index (χ2n) is 6.06. The van der Waals surface area contributed by atoms with Gasteiger partial charge in [0.2, 0.25) is 5.88 Å². The van der Waals surface area contributed by atoms with Gasteiger partial charge in [0.25, 0.3) is 0 Å². The highest BCUT2D eigenvalue weighted by molar-refractivity contribution is 7.98. The summed E-state index contributed by atoms with van der Waals surface area (Å²) in [4.78, 5) is 9.16. The molecule has 0 amide bonds. The largest absolute Gasteiger partial charge is 0.439 e. The van der Waals surface area contributed by atoms with Gasteiger partial charge in [-0.15, -0.1) is 0 Å². The minimum absolute atomic E-state index is 0.571. The Hall–Kier alpha value is -2.04. The lowest BCUT2D eigenvalue weighted by atomic mass is 10.1. The average Bonchev–Trinajstić information content (AvgIpc) is 2.64. The Morgan fingerprint density at radius 3 is 2.54 bits per heavy atom. The Morgan fingerprint density at radius 2 is 1.81 bits per heavy atom. The van der Waals surface area contributed by atoms with Crippen molar-refractivity contribution in [1.82, 2.24) is 9.97 Å². The van der Waals surface area contributed by atoms with Crippen LogP contribution >= 0.6 is 23.4 Å². The number of hydrogen-bond donors (Lipinski definition) is 0. The van der Waals surface area contributed by atoms with Gasteiger partial charge in [0, 0.05) is 22.5 Å². The predicted octanol–water partition coefficient (Wildman–Crippen LogP) is 6.39. The van der Waals surface area contributed by atoms with Crippen molar-refractivity contribution in [3.8, 4) is 11.6 Å². The molecule has 1 aromatic heterocycles. The van der Waals surface area contributed by atoms with E-state index in [1.165, 1.54) is 11.1 Å². The first-order chi connectivity index (χ1) is 12.5. The van der Waals surface area contributed by atoms with Crippen molar-refractivity contribution in [3.63, 3.8) is 0 Å². The first-order valence-corrected chi connectivity index (χ1v) is 9.90. The van der Waals surface area contributed by atoms with E-state index in [1.807, 2.05) is 42.5 Å². The lowest BCUT2D eigenvalue weighted by Gasteiger charge is -2.10. The molecule has 0 atom stereocenters. The molecule has 0 spiro atoms. The lowest BCUT2D eigenvalue weighted by molar-refractivity contribution is 0.453. The summed E-state index contributed by atoms with van der Waals surface area (Å²) in [5, 5.41) is 1.46. The Morgan fingerprint density at radius 1 is 1.00 bits per heavy atom. The number of nitrogens with zero attached hydrogens (tertiary/aromatic N) is 2. The summed E-state index contributed by atoms with van der Waals surface area (Å²) in [6.07, 6.45) is 0.825. The summed E-state index contributed by atoms with van der Waals surface area (Å²) in [7, 11) is 0. The fourth-order valence-electron chi connectivity index (χ4n) is 2.40. The zero-order chi connectivity index (χ0) is 18.5.